The van der Waals surface area contributed by atoms with Crippen LogP contribution >= 0.6 is 0 Å². The molecule has 0 radical (unpaired) electrons. The minimum absolute atomic E-state index is 0.155. The molecule has 1 unspecified atom stereocenters. The van der Waals surface area contributed by atoms with E-state index in [0.29, 0.717) is 66.0 Å². The lowest BCUT2D eigenvalue weighted by molar-refractivity contribution is -0.126. The lowest BCUT2D eigenvalue weighted by Gasteiger charge is -2.34. The number of primary amides is 1. The number of carbonyl (C=O) groups excluding carboxylic acids is 3. The number of aromatic amines is 1. The zero-order valence-electron chi connectivity index (χ0n) is 22.7. The number of ketones is 1. The van der Waals surface area contributed by atoms with E-state index in [9.17, 15) is 14.4 Å². The number of aromatic nitrogens is 9. The molecule has 214 valence electrons. The van der Waals surface area contributed by atoms with Crippen molar-refractivity contribution in [3.8, 4) is 23.0 Å². The number of hydrogen-bond donors (Lipinski definition) is 2. The molecule has 1 aliphatic rings. The van der Waals surface area contributed by atoms with E-state index in [1.54, 1.807) is 37.5 Å². The first-order valence-electron chi connectivity index (χ1n) is 13.0. The number of methoxy groups -OCH3 is 1. The molecule has 0 bridgehead atoms. The highest BCUT2D eigenvalue weighted by molar-refractivity contribution is 6.45. The molecule has 1 atom stereocenters. The van der Waals surface area contributed by atoms with Crippen molar-refractivity contribution in [2.75, 3.05) is 38.2 Å². The van der Waals surface area contributed by atoms with Crippen LogP contribution in [0.15, 0.2) is 49.1 Å². The van der Waals surface area contributed by atoms with Crippen molar-refractivity contribution in [1.82, 2.24) is 49.8 Å². The molecule has 1 saturated heterocycles. The van der Waals surface area contributed by atoms with Gasteiger partial charge >= 0.3 is 0 Å². The molecule has 16 nitrogen and oxygen atoms in total. The van der Waals surface area contributed by atoms with Crippen LogP contribution in [0, 0.1) is 0 Å². The molecule has 16 heteroatoms. The normalized spacial score (nSPS) is 14.2. The zero-order chi connectivity index (χ0) is 29.4. The Morgan fingerprint density at radius 1 is 1.10 bits per heavy atom. The van der Waals surface area contributed by atoms with Crippen molar-refractivity contribution in [2.24, 2.45) is 5.73 Å². The third-order valence-electron chi connectivity index (χ3n) is 7.16. The molecule has 0 aliphatic carbocycles. The third-order valence-corrected chi connectivity index (χ3v) is 7.16. The Morgan fingerprint density at radius 2 is 1.90 bits per heavy atom. The summed E-state index contributed by atoms with van der Waals surface area (Å²) in [5, 5.41) is 16.8. The Kier molecular flexibility index (Phi) is 6.77. The lowest BCUT2D eigenvalue weighted by atomic mass is 10.1. The second kappa shape index (κ2) is 10.7. The van der Waals surface area contributed by atoms with Gasteiger partial charge in [-0.3, -0.25) is 19.1 Å². The largest absolute Gasteiger partial charge is 0.494 e. The van der Waals surface area contributed by atoms with Crippen LogP contribution in [-0.2, 0) is 9.59 Å². The van der Waals surface area contributed by atoms with Crippen molar-refractivity contribution in [3.63, 3.8) is 0 Å². The number of rotatable bonds is 8. The van der Waals surface area contributed by atoms with Gasteiger partial charge in [-0.1, -0.05) is 11.2 Å². The molecule has 0 spiro atoms. The van der Waals surface area contributed by atoms with Gasteiger partial charge in [0.05, 0.1) is 29.8 Å². The number of hydrogen-bond acceptors (Lipinski definition) is 11. The quantitative estimate of drug-likeness (QED) is 0.193. The number of carbonyl (C=O) groups is 3. The number of amides is 2. The summed E-state index contributed by atoms with van der Waals surface area (Å²) in [6.45, 7) is 3.06. The van der Waals surface area contributed by atoms with Gasteiger partial charge in [-0.05, 0) is 35.5 Å². The van der Waals surface area contributed by atoms with Crippen molar-refractivity contribution in [1.29, 1.82) is 0 Å². The van der Waals surface area contributed by atoms with E-state index in [1.807, 2.05) is 11.0 Å². The van der Waals surface area contributed by atoms with Crippen LogP contribution in [-0.4, -0.2) is 101 Å². The second-order valence-corrected chi connectivity index (χ2v) is 9.57. The van der Waals surface area contributed by atoms with Gasteiger partial charge in [0.15, 0.2) is 5.82 Å². The number of nitrogens with one attached hydrogen (secondary N) is 1. The van der Waals surface area contributed by atoms with Crippen LogP contribution < -0.4 is 15.4 Å². The number of tetrazole rings is 1. The number of Topliss-reactive ketones (excluding diaryl/α,β-unsaturated/α-hetero) is 1. The Hall–Kier alpha value is -5.67. The SMILES string of the molecule is COc1cnc(-c2ccn(C(C)C(N)=O)n2)c2[nH]cc(C(=O)C(=O)N3CCN(c4nnnn4-c4ccccn4)CC3)c12. The van der Waals surface area contributed by atoms with Crippen molar-refractivity contribution in [3.05, 3.63) is 54.6 Å². The van der Waals surface area contributed by atoms with Gasteiger partial charge in [0.25, 0.3) is 17.6 Å². The number of anilines is 1. The Labute approximate surface area is 238 Å². The minimum atomic E-state index is -0.684. The van der Waals surface area contributed by atoms with Gasteiger partial charge in [0.2, 0.25) is 5.91 Å². The number of H-pyrrole nitrogens is 1. The van der Waals surface area contributed by atoms with E-state index in [0.717, 1.165) is 0 Å². The summed E-state index contributed by atoms with van der Waals surface area (Å²) in [5.41, 5.74) is 6.90. The number of piperazine rings is 1. The molecular weight excluding hydrogens is 544 g/mol. The van der Waals surface area contributed by atoms with Crippen molar-refractivity contribution >= 4 is 34.4 Å². The van der Waals surface area contributed by atoms with Gasteiger partial charge in [-0.15, -0.1) is 0 Å². The van der Waals surface area contributed by atoms with Crippen LogP contribution in [0.25, 0.3) is 28.1 Å². The monoisotopic (exact) mass is 570 g/mol. The number of pyridine rings is 2. The number of ether oxygens (including phenoxy) is 1. The van der Waals surface area contributed by atoms with E-state index >= 15 is 0 Å². The molecule has 6 heterocycles. The van der Waals surface area contributed by atoms with Gasteiger partial charge < -0.3 is 25.3 Å². The van der Waals surface area contributed by atoms with Gasteiger partial charge in [-0.2, -0.15) is 9.78 Å². The van der Waals surface area contributed by atoms with Crippen LogP contribution in [0.1, 0.15) is 23.3 Å². The van der Waals surface area contributed by atoms with Gasteiger partial charge in [0.1, 0.15) is 23.2 Å². The molecule has 0 aromatic carbocycles. The number of fused-ring (bicyclic) bond motifs is 1. The van der Waals surface area contributed by atoms with Crippen LogP contribution in [0.3, 0.4) is 0 Å². The zero-order valence-corrected chi connectivity index (χ0v) is 22.7. The molecule has 1 aliphatic heterocycles. The maximum absolute atomic E-state index is 13.5. The average Bonchev–Trinajstić information content (AvgIpc) is 3.80. The summed E-state index contributed by atoms with van der Waals surface area (Å²) in [6.07, 6.45) is 6.21. The lowest BCUT2D eigenvalue weighted by Crippen LogP contribution is -2.51. The summed E-state index contributed by atoms with van der Waals surface area (Å²) < 4.78 is 8.46. The van der Waals surface area contributed by atoms with E-state index < -0.39 is 23.6 Å². The van der Waals surface area contributed by atoms with E-state index in [4.69, 9.17) is 10.5 Å². The fraction of sp³-hybridized carbons (Fsp3) is 0.269. The summed E-state index contributed by atoms with van der Waals surface area (Å²) in [5.74, 6) is -0.460. The average molecular weight is 571 g/mol. The van der Waals surface area contributed by atoms with Crippen LogP contribution in [0.5, 0.6) is 5.75 Å². The second-order valence-electron chi connectivity index (χ2n) is 9.57. The highest BCUT2D eigenvalue weighted by atomic mass is 16.5. The summed E-state index contributed by atoms with van der Waals surface area (Å²) in [7, 11) is 1.46. The fourth-order valence-electron chi connectivity index (χ4n) is 4.83. The van der Waals surface area contributed by atoms with E-state index in [2.05, 4.69) is 35.6 Å². The maximum Gasteiger partial charge on any atom is 0.295 e. The predicted molar refractivity (Wildman–Crippen MR) is 148 cm³/mol. The first-order chi connectivity index (χ1) is 20.4. The third kappa shape index (κ3) is 4.57. The van der Waals surface area contributed by atoms with Crippen LogP contribution in [0.2, 0.25) is 0 Å². The van der Waals surface area contributed by atoms with E-state index in [1.165, 1.54) is 33.8 Å². The van der Waals surface area contributed by atoms with Crippen molar-refractivity contribution in [2.45, 2.75) is 13.0 Å². The molecule has 0 saturated carbocycles. The molecular formula is C26H26N12O4. The molecule has 42 heavy (non-hydrogen) atoms. The topological polar surface area (TPSA) is 196 Å². The fourth-order valence-corrected chi connectivity index (χ4v) is 4.83. The molecule has 3 N–H and O–H groups in total. The molecule has 6 rings (SSSR count). The maximum atomic E-state index is 13.5. The van der Waals surface area contributed by atoms with Crippen LogP contribution in [0.4, 0.5) is 5.95 Å². The van der Waals surface area contributed by atoms with Gasteiger partial charge in [0, 0.05) is 44.8 Å². The van der Waals surface area contributed by atoms with Crippen molar-refractivity contribution < 1.29 is 19.1 Å². The first kappa shape index (κ1) is 26.5. The van der Waals surface area contributed by atoms with Gasteiger partial charge in [-0.25, -0.2) is 9.97 Å². The Balaban J connectivity index is 1.22. The minimum Gasteiger partial charge on any atom is -0.494 e. The molecule has 5 aromatic heterocycles. The Morgan fingerprint density at radius 3 is 2.62 bits per heavy atom. The molecule has 5 aromatic rings. The summed E-state index contributed by atoms with van der Waals surface area (Å²) in [4.78, 5) is 53.8. The highest BCUT2D eigenvalue weighted by Crippen LogP contribution is 2.34. The summed E-state index contributed by atoms with van der Waals surface area (Å²) in [6, 6.07) is 6.46. The highest BCUT2D eigenvalue weighted by Gasteiger charge is 2.31. The Bertz CT molecular complexity index is 1790. The molecule has 1 fully saturated rings. The smallest absolute Gasteiger partial charge is 0.295 e. The molecule has 2 amide bonds. The standard InChI is InChI=1S/C26H26N12O4/c1-15(24(27)40)37-8-6-17(32-37)21-22-20(18(42-2)14-30-21)16(13-29-22)23(39)25(41)35-9-11-36(12-10-35)26-31-33-34-38(26)19-5-3-4-7-28-19/h3-8,13-15,29H,9-12H2,1-2H3,(H2,27,40). The number of nitrogens with zero attached hydrogens (tertiary/aromatic N) is 10. The first-order valence-corrected chi connectivity index (χ1v) is 13.0. The van der Waals surface area contributed by atoms with E-state index in [-0.39, 0.29) is 5.56 Å². The number of nitrogens with two attached hydrogens (primary N) is 1. The predicted octanol–water partition coefficient (Wildman–Crippen LogP) is 0.384. The summed E-state index contributed by atoms with van der Waals surface area (Å²) >= 11 is 0.